The first-order valence-electron chi connectivity index (χ1n) is 6.38. The highest BCUT2D eigenvalue weighted by Gasteiger charge is 2.18. The molecule has 0 aliphatic carbocycles. The van der Waals surface area contributed by atoms with Gasteiger partial charge in [0.05, 0.1) is 12.1 Å². The number of benzene rings is 1. The fourth-order valence-electron chi connectivity index (χ4n) is 2.30. The monoisotopic (exact) mass is 269 g/mol. The Morgan fingerprint density at radius 1 is 1.37 bits per heavy atom. The lowest BCUT2D eigenvalue weighted by Crippen LogP contribution is -2.27. The van der Waals surface area contributed by atoms with E-state index in [0.29, 0.717) is 0 Å². The molecule has 0 bridgehead atoms. The van der Waals surface area contributed by atoms with Crippen LogP contribution in [0.3, 0.4) is 0 Å². The molecule has 1 N–H and O–H groups in total. The van der Waals surface area contributed by atoms with Gasteiger partial charge in [0.2, 0.25) is 0 Å². The van der Waals surface area contributed by atoms with Gasteiger partial charge in [-0.1, -0.05) is 18.2 Å². The van der Waals surface area contributed by atoms with Crippen LogP contribution in [0.5, 0.6) is 0 Å². The number of aromatic nitrogens is 1. The second-order valence-corrected chi connectivity index (χ2v) is 4.92. The van der Waals surface area contributed by atoms with Gasteiger partial charge in [-0.25, -0.2) is 0 Å². The first-order valence-corrected chi connectivity index (χ1v) is 6.79. The Hall–Kier alpha value is -1.94. The molecule has 4 heteroatoms. The van der Waals surface area contributed by atoms with Gasteiger partial charge in [-0.15, -0.1) is 0 Å². The number of rotatable bonds is 2. The maximum Gasteiger partial charge on any atom is 0.173 e. The first kappa shape index (κ1) is 12.1. The SMILES string of the molecule is CCN1C/C(=C/c2ccnc3ccccc23)NC1=S. The summed E-state index contributed by atoms with van der Waals surface area (Å²) >= 11 is 5.29. The Balaban J connectivity index is 2.00. The Labute approximate surface area is 117 Å². The van der Waals surface area contributed by atoms with Crippen LogP contribution in [0.15, 0.2) is 42.2 Å². The van der Waals surface area contributed by atoms with Gasteiger partial charge in [0, 0.05) is 23.8 Å². The standard InChI is InChI=1S/C15H15N3S/c1-2-18-10-12(17-15(18)19)9-11-7-8-16-14-6-4-3-5-13(11)14/h3-9H,2,10H2,1H3,(H,17,19)/b12-9-. The number of nitrogens with zero attached hydrogens (tertiary/aromatic N) is 2. The largest absolute Gasteiger partial charge is 0.343 e. The van der Waals surface area contributed by atoms with Crippen molar-refractivity contribution in [3.8, 4) is 0 Å². The lowest BCUT2D eigenvalue weighted by Gasteiger charge is -2.11. The molecule has 0 unspecified atom stereocenters. The molecule has 1 aromatic heterocycles. The van der Waals surface area contributed by atoms with Gasteiger partial charge in [-0.05, 0) is 42.9 Å². The van der Waals surface area contributed by atoms with E-state index in [2.05, 4.69) is 34.3 Å². The third kappa shape index (κ3) is 2.31. The minimum Gasteiger partial charge on any atom is -0.343 e. The number of para-hydroxylation sites is 1. The van der Waals surface area contributed by atoms with Crippen molar-refractivity contribution in [2.45, 2.75) is 6.92 Å². The average Bonchev–Trinajstić information content (AvgIpc) is 2.79. The minimum atomic E-state index is 0.812. The molecule has 0 amide bonds. The van der Waals surface area contributed by atoms with Crippen LogP contribution in [0.1, 0.15) is 12.5 Å². The van der Waals surface area contributed by atoms with Crippen LogP contribution in [0.4, 0.5) is 0 Å². The maximum atomic E-state index is 5.29. The molecule has 0 spiro atoms. The number of hydrogen-bond acceptors (Lipinski definition) is 2. The molecule has 3 nitrogen and oxygen atoms in total. The predicted molar refractivity (Wildman–Crippen MR) is 82.7 cm³/mol. The number of thiocarbonyl (C=S) groups is 1. The molecule has 1 fully saturated rings. The predicted octanol–water partition coefficient (Wildman–Crippen LogP) is 2.79. The summed E-state index contributed by atoms with van der Waals surface area (Å²) in [5.41, 5.74) is 3.34. The van der Waals surface area contributed by atoms with Gasteiger partial charge in [0.25, 0.3) is 0 Å². The van der Waals surface area contributed by atoms with Crippen molar-refractivity contribution in [1.82, 2.24) is 15.2 Å². The van der Waals surface area contributed by atoms with Gasteiger partial charge in [0.1, 0.15) is 0 Å². The summed E-state index contributed by atoms with van der Waals surface area (Å²) in [6.07, 6.45) is 4.01. The van der Waals surface area contributed by atoms with Crippen molar-refractivity contribution < 1.29 is 0 Å². The van der Waals surface area contributed by atoms with Crippen LogP contribution in [0, 0.1) is 0 Å². The van der Waals surface area contributed by atoms with E-state index < -0.39 is 0 Å². The highest BCUT2D eigenvalue weighted by molar-refractivity contribution is 7.80. The van der Waals surface area contributed by atoms with E-state index in [0.717, 1.165) is 29.4 Å². The van der Waals surface area contributed by atoms with Crippen molar-refractivity contribution in [2.75, 3.05) is 13.1 Å². The molecule has 19 heavy (non-hydrogen) atoms. The second-order valence-electron chi connectivity index (χ2n) is 4.53. The van der Waals surface area contributed by atoms with E-state index in [-0.39, 0.29) is 0 Å². The van der Waals surface area contributed by atoms with Gasteiger partial charge >= 0.3 is 0 Å². The number of likely N-dealkylation sites (N-methyl/N-ethyl adjacent to an activating group) is 1. The molecular formula is C15H15N3S. The molecule has 1 aliphatic heterocycles. The highest BCUT2D eigenvalue weighted by Crippen LogP contribution is 2.20. The first-order chi connectivity index (χ1) is 9.28. The van der Waals surface area contributed by atoms with E-state index in [9.17, 15) is 0 Å². The zero-order valence-corrected chi connectivity index (χ0v) is 11.6. The molecule has 1 aliphatic rings. The van der Waals surface area contributed by atoms with E-state index in [1.807, 2.05) is 30.5 Å². The van der Waals surface area contributed by atoms with Crippen molar-refractivity contribution >= 4 is 34.3 Å². The summed E-state index contributed by atoms with van der Waals surface area (Å²) in [5.74, 6) is 0. The van der Waals surface area contributed by atoms with Crippen molar-refractivity contribution in [3.05, 3.63) is 47.8 Å². The van der Waals surface area contributed by atoms with Crippen LogP contribution in [0.25, 0.3) is 17.0 Å². The average molecular weight is 269 g/mol. The quantitative estimate of drug-likeness (QED) is 0.849. The summed E-state index contributed by atoms with van der Waals surface area (Å²) in [6, 6.07) is 10.2. The van der Waals surface area contributed by atoms with Crippen molar-refractivity contribution in [2.24, 2.45) is 0 Å². The molecule has 1 aromatic carbocycles. The highest BCUT2D eigenvalue weighted by atomic mass is 32.1. The van der Waals surface area contributed by atoms with Crippen LogP contribution < -0.4 is 5.32 Å². The molecule has 2 aromatic rings. The van der Waals surface area contributed by atoms with E-state index in [1.54, 1.807) is 0 Å². The summed E-state index contributed by atoms with van der Waals surface area (Å²) in [7, 11) is 0. The van der Waals surface area contributed by atoms with E-state index in [4.69, 9.17) is 12.2 Å². The van der Waals surface area contributed by atoms with Gasteiger partial charge < -0.3 is 10.2 Å². The Morgan fingerprint density at radius 3 is 3.00 bits per heavy atom. The molecule has 2 heterocycles. The zero-order valence-electron chi connectivity index (χ0n) is 10.8. The number of nitrogens with one attached hydrogen (secondary N) is 1. The van der Waals surface area contributed by atoms with Crippen molar-refractivity contribution in [3.63, 3.8) is 0 Å². The van der Waals surface area contributed by atoms with E-state index in [1.165, 1.54) is 10.9 Å². The lowest BCUT2D eigenvalue weighted by atomic mass is 10.1. The number of hydrogen-bond donors (Lipinski definition) is 1. The Morgan fingerprint density at radius 2 is 2.21 bits per heavy atom. The van der Waals surface area contributed by atoms with Gasteiger partial charge in [-0.2, -0.15) is 0 Å². The molecule has 96 valence electrons. The number of fused-ring (bicyclic) bond motifs is 1. The van der Waals surface area contributed by atoms with Crippen LogP contribution in [-0.2, 0) is 0 Å². The van der Waals surface area contributed by atoms with Gasteiger partial charge in [-0.3, -0.25) is 4.98 Å². The van der Waals surface area contributed by atoms with E-state index >= 15 is 0 Å². The summed E-state index contributed by atoms with van der Waals surface area (Å²) < 4.78 is 0. The summed E-state index contributed by atoms with van der Waals surface area (Å²) in [4.78, 5) is 6.52. The fraction of sp³-hybridized carbons (Fsp3) is 0.200. The van der Waals surface area contributed by atoms with Crippen LogP contribution in [-0.4, -0.2) is 28.1 Å². The van der Waals surface area contributed by atoms with Crippen LogP contribution in [0.2, 0.25) is 0 Å². The molecule has 3 rings (SSSR count). The number of pyridine rings is 1. The molecule has 0 radical (unpaired) electrons. The molecular weight excluding hydrogens is 254 g/mol. The van der Waals surface area contributed by atoms with Gasteiger partial charge in [0.15, 0.2) is 5.11 Å². The Kier molecular flexibility index (Phi) is 3.17. The third-order valence-electron chi connectivity index (χ3n) is 3.31. The zero-order chi connectivity index (χ0) is 13.2. The molecule has 0 saturated carbocycles. The molecule has 0 atom stereocenters. The summed E-state index contributed by atoms with van der Waals surface area (Å²) in [5, 5.41) is 5.25. The topological polar surface area (TPSA) is 28.2 Å². The lowest BCUT2D eigenvalue weighted by molar-refractivity contribution is 0.510. The summed E-state index contributed by atoms with van der Waals surface area (Å²) in [6.45, 7) is 3.89. The van der Waals surface area contributed by atoms with Crippen molar-refractivity contribution in [1.29, 1.82) is 0 Å². The molecule has 1 saturated heterocycles. The minimum absolute atomic E-state index is 0.812. The third-order valence-corrected chi connectivity index (χ3v) is 3.67. The normalized spacial score (nSPS) is 17.2. The second kappa shape index (κ2) is 4.97. The van der Waals surface area contributed by atoms with Crippen LogP contribution >= 0.6 is 12.2 Å². The smallest absolute Gasteiger partial charge is 0.173 e. The Bertz CT molecular complexity index is 658. The fourth-order valence-corrected chi connectivity index (χ4v) is 2.63. The maximum absolute atomic E-state index is 5.29.